The zero-order valence-electron chi connectivity index (χ0n) is 8.94. The van der Waals surface area contributed by atoms with Crippen molar-refractivity contribution >= 4 is 9.84 Å². The van der Waals surface area contributed by atoms with Crippen molar-refractivity contribution in [3.05, 3.63) is 0 Å². The van der Waals surface area contributed by atoms with Gasteiger partial charge >= 0.3 is 0 Å². The van der Waals surface area contributed by atoms with E-state index in [2.05, 4.69) is 0 Å². The van der Waals surface area contributed by atoms with Gasteiger partial charge in [0.05, 0.1) is 17.1 Å². The van der Waals surface area contributed by atoms with E-state index in [1.165, 1.54) is 0 Å². The van der Waals surface area contributed by atoms with Crippen molar-refractivity contribution in [3.63, 3.8) is 0 Å². The van der Waals surface area contributed by atoms with E-state index in [0.717, 1.165) is 12.8 Å². The third-order valence-electron chi connectivity index (χ3n) is 2.81. The minimum absolute atomic E-state index is 0.217. The third-order valence-corrected chi connectivity index (χ3v) is 5.11. The lowest BCUT2D eigenvalue weighted by molar-refractivity contribution is 0.141. The van der Waals surface area contributed by atoms with Gasteiger partial charge in [-0.25, -0.2) is 8.42 Å². The average Bonchev–Trinajstić information content (AvgIpc) is 2.85. The van der Waals surface area contributed by atoms with Crippen LogP contribution in [-0.4, -0.2) is 30.6 Å². The van der Waals surface area contributed by atoms with Crippen LogP contribution in [0.1, 0.15) is 39.5 Å². The van der Waals surface area contributed by atoms with E-state index < -0.39 is 9.84 Å². The van der Waals surface area contributed by atoms with Crippen LogP contribution in [0, 0.1) is 5.92 Å². The van der Waals surface area contributed by atoms with Crippen LogP contribution in [0.15, 0.2) is 0 Å². The van der Waals surface area contributed by atoms with Crippen molar-refractivity contribution in [1.29, 1.82) is 0 Å². The Morgan fingerprint density at radius 3 is 2.36 bits per heavy atom. The molecule has 0 heterocycles. The Bertz CT molecular complexity index is 265. The predicted octanol–water partition coefficient (Wildman–Crippen LogP) is 1.36. The van der Waals surface area contributed by atoms with Crippen LogP contribution in [0.2, 0.25) is 0 Å². The Balaban J connectivity index is 2.20. The lowest BCUT2D eigenvalue weighted by Crippen LogP contribution is -2.19. The second-order valence-corrected chi connectivity index (χ2v) is 7.14. The summed E-state index contributed by atoms with van der Waals surface area (Å²) < 4.78 is 22.8. The van der Waals surface area contributed by atoms with Crippen LogP contribution in [0.4, 0.5) is 0 Å². The fourth-order valence-corrected chi connectivity index (χ4v) is 2.49. The maximum Gasteiger partial charge on any atom is 0.152 e. The van der Waals surface area contributed by atoms with Gasteiger partial charge in [0, 0.05) is 0 Å². The molecule has 1 aliphatic carbocycles. The highest BCUT2D eigenvalue weighted by atomic mass is 32.2. The van der Waals surface area contributed by atoms with Gasteiger partial charge in [-0.2, -0.15) is 0 Å². The number of aliphatic hydroxyl groups excluding tert-OH is 1. The van der Waals surface area contributed by atoms with Crippen molar-refractivity contribution in [2.24, 2.45) is 5.92 Å². The zero-order chi connectivity index (χ0) is 10.8. The minimum atomic E-state index is -2.91. The molecule has 1 aliphatic rings. The van der Waals surface area contributed by atoms with E-state index in [-0.39, 0.29) is 17.1 Å². The quantitative estimate of drug-likeness (QED) is 0.735. The van der Waals surface area contributed by atoms with Crippen molar-refractivity contribution in [2.45, 2.75) is 50.9 Å². The zero-order valence-corrected chi connectivity index (χ0v) is 9.76. The first-order valence-electron chi connectivity index (χ1n) is 5.33. The smallest absolute Gasteiger partial charge is 0.152 e. The fourth-order valence-electron chi connectivity index (χ4n) is 1.45. The molecule has 1 saturated carbocycles. The van der Waals surface area contributed by atoms with Gasteiger partial charge in [-0.15, -0.1) is 0 Å². The molecule has 1 atom stereocenters. The first kappa shape index (κ1) is 12.0. The number of hydrogen-bond acceptors (Lipinski definition) is 3. The normalized spacial score (nSPS) is 20.0. The van der Waals surface area contributed by atoms with Crippen LogP contribution in [-0.2, 0) is 9.84 Å². The molecule has 0 amide bonds. The molecule has 1 rings (SSSR count). The lowest BCUT2D eigenvalue weighted by Gasteiger charge is -2.10. The molecule has 0 aromatic carbocycles. The molecule has 14 heavy (non-hydrogen) atoms. The Morgan fingerprint density at radius 2 is 1.93 bits per heavy atom. The number of sulfone groups is 1. The molecule has 0 radical (unpaired) electrons. The molecule has 84 valence electrons. The van der Waals surface area contributed by atoms with Gasteiger partial charge in [0.2, 0.25) is 0 Å². The summed E-state index contributed by atoms with van der Waals surface area (Å²) in [5.41, 5.74) is 0. The Kier molecular flexibility index (Phi) is 3.95. The van der Waals surface area contributed by atoms with Gasteiger partial charge in [0.1, 0.15) is 0 Å². The Labute approximate surface area is 86.4 Å². The third kappa shape index (κ3) is 3.58. The van der Waals surface area contributed by atoms with Crippen molar-refractivity contribution in [2.75, 3.05) is 5.75 Å². The standard InChI is InChI=1S/C10H20O3S/c1-8(2)14(12,13)7-3-4-10(11)9-5-6-9/h8-11H,3-7H2,1-2H3. The molecule has 0 spiro atoms. The first-order valence-corrected chi connectivity index (χ1v) is 7.04. The first-order chi connectivity index (χ1) is 6.43. The average molecular weight is 220 g/mol. The van der Waals surface area contributed by atoms with Crippen LogP contribution in [0.5, 0.6) is 0 Å². The summed E-state index contributed by atoms with van der Waals surface area (Å²) >= 11 is 0. The molecule has 0 saturated heterocycles. The van der Waals surface area contributed by atoms with E-state index >= 15 is 0 Å². The summed E-state index contributed by atoms with van der Waals surface area (Å²) in [4.78, 5) is 0. The molecule has 1 N–H and O–H groups in total. The maximum atomic E-state index is 11.4. The molecular formula is C10H20O3S. The highest BCUT2D eigenvalue weighted by Crippen LogP contribution is 2.34. The number of rotatable bonds is 6. The van der Waals surface area contributed by atoms with Crippen LogP contribution >= 0.6 is 0 Å². The van der Waals surface area contributed by atoms with Crippen molar-refractivity contribution in [1.82, 2.24) is 0 Å². The van der Waals surface area contributed by atoms with Gasteiger partial charge in [0.15, 0.2) is 9.84 Å². The molecule has 1 fully saturated rings. The van der Waals surface area contributed by atoms with Crippen LogP contribution in [0.25, 0.3) is 0 Å². The van der Waals surface area contributed by atoms with Crippen molar-refractivity contribution < 1.29 is 13.5 Å². The summed E-state index contributed by atoms with van der Waals surface area (Å²) in [6, 6.07) is 0. The van der Waals surface area contributed by atoms with E-state index in [1.807, 2.05) is 0 Å². The van der Waals surface area contributed by atoms with Gasteiger partial charge in [-0.05, 0) is 45.4 Å². The molecular weight excluding hydrogens is 200 g/mol. The second kappa shape index (κ2) is 4.62. The van der Waals surface area contributed by atoms with Gasteiger partial charge < -0.3 is 5.11 Å². The Hall–Kier alpha value is -0.0900. The number of hydrogen-bond donors (Lipinski definition) is 1. The molecule has 4 heteroatoms. The van der Waals surface area contributed by atoms with E-state index in [1.54, 1.807) is 13.8 Å². The largest absolute Gasteiger partial charge is 0.393 e. The van der Waals surface area contributed by atoms with Crippen LogP contribution < -0.4 is 0 Å². The SMILES string of the molecule is CC(C)S(=O)(=O)CCCC(O)C1CC1. The summed E-state index contributed by atoms with van der Waals surface area (Å²) in [6.45, 7) is 3.40. The summed E-state index contributed by atoms with van der Waals surface area (Å²) in [7, 11) is -2.91. The molecule has 3 nitrogen and oxygen atoms in total. The minimum Gasteiger partial charge on any atom is -0.393 e. The summed E-state index contributed by atoms with van der Waals surface area (Å²) in [6.07, 6.45) is 3.18. The topological polar surface area (TPSA) is 54.4 Å². The van der Waals surface area contributed by atoms with E-state index in [9.17, 15) is 13.5 Å². The highest BCUT2D eigenvalue weighted by Gasteiger charge is 2.29. The fraction of sp³-hybridized carbons (Fsp3) is 1.00. The van der Waals surface area contributed by atoms with Crippen molar-refractivity contribution in [3.8, 4) is 0 Å². The van der Waals surface area contributed by atoms with E-state index in [4.69, 9.17) is 0 Å². The summed E-state index contributed by atoms with van der Waals surface area (Å²) in [5, 5.41) is 9.24. The lowest BCUT2D eigenvalue weighted by atomic mass is 10.1. The molecule has 1 unspecified atom stereocenters. The van der Waals surface area contributed by atoms with Crippen LogP contribution in [0.3, 0.4) is 0 Å². The van der Waals surface area contributed by atoms with E-state index in [0.29, 0.717) is 18.8 Å². The monoisotopic (exact) mass is 220 g/mol. The van der Waals surface area contributed by atoms with Gasteiger partial charge in [0.25, 0.3) is 0 Å². The van der Waals surface area contributed by atoms with Gasteiger partial charge in [-0.3, -0.25) is 0 Å². The molecule has 0 aromatic heterocycles. The highest BCUT2D eigenvalue weighted by molar-refractivity contribution is 7.91. The molecule has 0 aliphatic heterocycles. The van der Waals surface area contributed by atoms with Gasteiger partial charge in [-0.1, -0.05) is 0 Å². The Morgan fingerprint density at radius 1 is 1.36 bits per heavy atom. The molecule has 0 bridgehead atoms. The summed E-state index contributed by atoms with van der Waals surface area (Å²) in [5.74, 6) is 0.672. The molecule has 0 aromatic rings. The second-order valence-electron chi connectivity index (χ2n) is 4.46. The maximum absolute atomic E-state index is 11.4. The number of aliphatic hydroxyl groups is 1. The predicted molar refractivity (Wildman–Crippen MR) is 56.9 cm³/mol.